The molecular weight excluding hydrogens is 330 g/mol. The summed E-state index contributed by atoms with van der Waals surface area (Å²) in [7, 11) is 0. The van der Waals surface area contributed by atoms with Crippen LogP contribution in [0.5, 0.6) is 0 Å². The number of ether oxygens (including phenoxy) is 1. The normalized spacial score (nSPS) is 28.2. The van der Waals surface area contributed by atoms with Crippen molar-refractivity contribution in [1.29, 1.82) is 0 Å². The molecule has 2 atom stereocenters. The zero-order chi connectivity index (χ0) is 17.9. The van der Waals surface area contributed by atoms with Gasteiger partial charge in [-0.1, -0.05) is 30.3 Å². The zero-order valence-corrected chi connectivity index (χ0v) is 15.1. The highest BCUT2D eigenvalue weighted by molar-refractivity contribution is 5.86. The number of amides is 2. The molecule has 3 heterocycles. The highest BCUT2D eigenvalue weighted by Gasteiger charge is 2.39. The number of rotatable bonds is 3. The predicted molar refractivity (Wildman–Crippen MR) is 97.5 cm³/mol. The molecule has 6 heteroatoms. The lowest BCUT2D eigenvalue weighted by Gasteiger charge is -2.40. The van der Waals surface area contributed by atoms with Crippen LogP contribution in [0.4, 0.5) is 0 Å². The Hall–Kier alpha value is -1.92. The summed E-state index contributed by atoms with van der Waals surface area (Å²) in [5.41, 5.74) is 0.908. The second kappa shape index (κ2) is 7.76. The average Bonchev–Trinajstić information content (AvgIpc) is 3.23. The fourth-order valence-corrected chi connectivity index (χ4v) is 4.42. The maximum Gasteiger partial charge on any atom is 0.254 e. The average molecular weight is 357 g/mol. The number of likely N-dealkylation sites (tertiary alicyclic amines) is 2. The second-order valence-electron chi connectivity index (χ2n) is 7.49. The van der Waals surface area contributed by atoms with Gasteiger partial charge in [0, 0.05) is 19.1 Å². The van der Waals surface area contributed by atoms with E-state index < -0.39 is 12.1 Å². The van der Waals surface area contributed by atoms with Crippen LogP contribution in [0, 0.1) is 0 Å². The smallest absolute Gasteiger partial charge is 0.254 e. The highest BCUT2D eigenvalue weighted by Crippen LogP contribution is 2.26. The number of carbonyl (C=O) groups is 2. The van der Waals surface area contributed by atoms with Crippen molar-refractivity contribution in [3.63, 3.8) is 0 Å². The maximum absolute atomic E-state index is 13.1. The van der Waals surface area contributed by atoms with Crippen LogP contribution < -0.4 is 5.32 Å². The molecule has 3 saturated heterocycles. The first-order chi connectivity index (χ1) is 12.7. The van der Waals surface area contributed by atoms with Gasteiger partial charge in [0.1, 0.15) is 6.61 Å². The van der Waals surface area contributed by atoms with Crippen molar-refractivity contribution in [3.8, 4) is 0 Å². The van der Waals surface area contributed by atoms with Crippen LogP contribution in [0.1, 0.15) is 37.3 Å². The second-order valence-corrected chi connectivity index (χ2v) is 7.49. The number of carbonyl (C=O) groups excluding carboxylic acids is 2. The van der Waals surface area contributed by atoms with Crippen LogP contribution in [-0.4, -0.2) is 66.5 Å². The van der Waals surface area contributed by atoms with Crippen molar-refractivity contribution >= 4 is 11.8 Å². The Balaban J connectivity index is 1.42. The Kier molecular flexibility index (Phi) is 5.22. The molecule has 4 rings (SSSR count). The minimum atomic E-state index is -0.640. The Morgan fingerprint density at radius 2 is 1.73 bits per heavy atom. The van der Waals surface area contributed by atoms with Crippen molar-refractivity contribution in [2.45, 2.75) is 43.9 Å². The van der Waals surface area contributed by atoms with Crippen LogP contribution >= 0.6 is 0 Å². The van der Waals surface area contributed by atoms with Gasteiger partial charge in [-0.25, -0.2) is 0 Å². The lowest BCUT2D eigenvalue weighted by molar-refractivity contribution is -0.156. The SMILES string of the molecule is O=C1CO[C@H](C(=O)N2CCC(N3CCCC3)CC2)[C@@H](c2ccccc2)N1. The first kappa shape index (κ1) is 17.5. The van der Waals surface area contributed by atoms with E-state index in [4.69, 9.17) is 4.74 Å². The van der Waals surface area contributed by atoms with E-state index in [-0.39, 0.29) is 18.4 Å². The van der Waals surface area contributed by atoms with E-state index in [1.807, 2.05) is 35.2 Å². The molecule has 0 bridgehead atoms. The van der Waals surface area contributed by atoms with Gasteiger partial charge in [-0.2, -0.15) is 0 Å². The van der Waals surface area contributed by atoms with Crippen LogP contribution in [0.15, 0.2) is 30.3 Å². The number of morpholine rings is 1. The third-order valence-electron chi connectivity index (χ3n) is 5.85. The summed E-state index contributed by atoms with van der Waals surface area (Å²) < 4.78 is 5.69. The van der Waals surface area contributed by atoms with Gasteiger partial charge in [-0.3, -0.25) is 9.59 Å². The van der Waals surface area contributed by atoms with Gasteiger partial charge in [0.05, 0.1) is 6.04 Å². The summed E-state index contributed by atoms with van der Waals surface area (Å²) in [6.07, 6.45) is 4.02. The molecule has 3 aliphatic heterocycles. The standard InChI is InChI=1S/C20H27N3O3/c24-17-14-26-19(18(21-17)15-6-2-1-3-7-15)20(25)23-12-8-16(9-13-23)22-10-4-5-11-22/h1-3,6-7,16,18-19H,4-5,8-14H2,(H,21,24)/t18-,19+/m1/s1. The Morgan fingerprint density at radius 3 is 2.42 bits per heavy atom. The van der Waals surface area contributed by atoms with E-state index in [1.54, 1.807) is 0 Å². The van der Waals surface area contributed by atoms with E-state index in [1.165, 1.54) is 25.9 Å². The summed E-state index contributed by atoms with van der Waals surface area (Å²) in [5.74, 6) is -0.172. The lowest BCUT2D eigenvalue weighted by Crippen LogP contribution is -2.55. The van der Waals surface area contributed by atoms with E-state index in [2.05, 4.69) is 10.2 Å². The molecular formula is C20H27N3O3. The maximum atomic E-state index is 13.1. The molecule has 140 valence electrons. The highest BCUT2D eigenvalue weighted by atomic mass is 16.5. The van der Waals surface area contributed by atoms with Gasteiger partial charge in [0.15, 0.2) is 6.10 Å². The molecule has 3 aliphatic rings. The van der Waals surface area contributed by atoms with Gasteiger partial charge >= 0.3 is 0 Å². The first-order valence-corrected chi connectivity index (χ1v) is 9.71. The summed E-state index contributed by atoms with van der Waals surface area (Å²) in [6.45, 7) is 3.90. The fraction of sp³-hybridized carbons (Fsp3) is 0.600. The third-order valence-corrected chi connectivity index (χ3v) is 5.85. The first-order valence-electron chi connectivity index (χ1n) is 9.71. The van der Waals surface area contributed by atoms with Crippen LogP contribution in [0.3, 0.4) is 0 Å². The number of hydrogen-bond acceptors (Lipinski definition) is 4. The molecule has 0 radical (unpaired) electrons. The molecule has 1 aromatic rings. The topological polar surface area (TPSA) is 61.9 Å². The fourth-order valence-electron chi connectivity index (χ4n) is 4.42. The molecule has 1 N–H and O–H groups in total. The van der Waals surface area contributed by atoms with Gasteiger partial charge in [-0.15, -0.1) is 0 Å². The largest absolute Gasteiger partial charge is 0.356 e. The van der Waals surface area contributed by atoms with Gasteiger partial charge < -0.3 is 19.9 Å². The van der Waals surface area contributed by atoms with Crippen molar-refractivity contribution in [1.82, 2.24) is 15.1 Å². The Bertz CT molecular complexity index is 637. The predicted octanol–water partition coefficient (Wildman–Crippen LogP) is 1.33. The minimum Gasteiger partial charge on any atom is -0.356 e. The Labute approximate surface area is 154 Å². The lowest BCUT2D eigenvalue weighted by atomic mass is 9.97. The summed E-state index contributed by atoms with van der Waals surface area (Å²) in [4.78, 5) is 29.4. The van der Waals surface area contributed by atoms with Gasteiger partial charge in [0.25, 0.3) is 5.91 Å². The monoisotopic (exact) mass is 357 g/mol. The Morgan fingerprint density at radius 1 is 1.04 bits per heavy atom. The molecule has 6 nitrogen and oxygen atoms in total. The minimum absolute atomic E-state index is 0.00118. The summed E-state index contributed by atoms with van der Waals surface area (Å²) >= 11 is 0. The molecule has 26 heavy (non-hydrogen) atoms. The van der Waals surface area contributed by atoms with E-state index in [0.717, 1.165) is 31.5 Å². The molecule has 3 fully saturated rings. The van der Waals surface area contributed by atoms with Gasteiger partial charge in [0.2, 0.25) is 5.91 Å². The molecule has 1 aromatic carbocycles. The van der Waals surface area contributed by atoms with Crippen molar-refractivity contribution in [3.05, 3.63) is 35.9 Å². The van der Waals surface area contributed by atoms with E-state index in [0.29, 0.717) is 6.04 Å². The molecule has 0 aromatic heterocycles. The van der Waals surface area contributed by atoms with Crippen LogP contribution in [0.25, 0.3) is 0 Å². The molecule has 0 aliphatic carbocycles. The van der Waals surface area contributed by atoms with Gasteiger partial charge in [-0.05, 0) is 44.3 Å². The van der Waals surface area contributed by atoms with E-state index >= 15 is 0 Å². The number of benzene rings is 1. The molecule has 2 amide bonds. The molecule has 0 unspecified atom stereocenters. The summed E-state index contributed by atoms with van der Waals surface area (Å²) in [5, 5.41) is 2.94. The van der Waals surface area contributed by atoms with Crippen molar-refractivity contribution in [2.75, 3.05) is 32.8 Å². The van der Waals surface area contributed by atoms with Crippen molar-refractivity contribution in [2.24, 2.45) is 0 Å². The van der Waals surface area contributed by atoms with Crippen LogP contribution in [0.2, 0.25) is 0 Å². The number of nitrogens with one attached hydrogen (secondary N) is 1. The quantitative estimate of drug-likeness (QED) is 0.887. The van der Waals surface area contributed by atoms with Crippen LogP contribution in [-0.2, 0) is 14.3 Å². The number of piperidine rings is 1. The molecule has 0 spiro atoms. The zero-order valence-electron chi connectivity index (χ0n) is 15.1. The number of hydrogen-bond donors (Lipinski definition) is 1. The number of nitrogens with zero attached hydrogens (tertiary/aromatic N) is 2. The summed E-state index contributed by atoms with van der Waals surface area (Å²) in [6, 6.07) is 9.81. The third kappa shape index (κ3) is 3.62. The van der Waals surface area contributed by atoms with Crippen molar-refractivity contribution < 1.29 is 14.3 Å². The molecule has 0 saturated carbocycles. The van der Waals surface area contributed by atoms with E-state index in [9.17, 15) is 9.59 Å².